The monoisotopic (exact) mass is 461 g/mol. The molecule has 0 aliphatic rings. The maximum atomic E-state index is 15.0. The van der Waals surface area contributed by atoms with Crippen LogP contribution in [-0.4, -0.2) is 24.9 Å². The lowest BCUT2D eigenvalue weighted by atomic mass is 10.0. The van der Waals surface area contributed by atoms with Crippen molar-refractivity contribution in [2.45, 2.75) is 26.5 Å². The molecule has 4 aromatic rings. The van der Waals surface area contributed by atoms with Gasteiger partial charge in [0, 0.05) is 18.3 Å². The molecule has 176 valence electrons. The molecule has 0 aliphatic heterocycles. The molecule has 0 fully saturated rings. The zero-order valence-electron chi connectivity index (χ0n) is 19.4. The first-order chi connectivity index (χ1) is 16.6. The van der Waals surface area contributed by atoms with E-state index in [0.717, 1.165) is 12.0 Å². The van der Waals surface area contributed by atoms with Crippen molar-refractivity contribution in [2.75, 3.05) is 20.3 Å². The van der Waals surface area contributed by atoms with Gasteiger partial charge in [-0.15, -0.1) is 0 Å². The second kappa shape index (κ2) is 11.0. The van der Waals surface area contributed by atoms with Gasteiger partial charge in [-0.3, -0.25) is 4.79 Å². The first kappa shape index (κ1) is 23.5. The minimum atomic E-state index is -0.571. The third-order valence-corrected chi connectivity index (χ3v) is 5.58. The molecular weight excluding hydrogens is 433 g/mol. The van der Waals surface area contributed by atoms with Crippen molar-refractivity contribution in [1.29, 1.82) is 0 Å². The van der Waals surface area contributed by atoms with E-state index >= 15 is 4.39 Å². The van der Waals surface area contributed by atoms with Gasteiger partial charge < -0.3 is 18.8 Å². The van der Waals surface area contributed by atoms with Gasteiger partial charge in [-0.2, -0.15) is 0 Å². The summed E-state index contributed by atoms with van der Waals surface area (Å²) in [4.78, 5) is 13.4. The van der Waals surface area contributed by atoms with Crippen LogP contribution < -0.4 is 14.9 Å². The molecule has 4 rings (SSSR count). The third-order valence-electron chi connectivity index (χ3n) is 5.58. The van der Waals surface area contributed by atoms with E-state index in [1.165, 1.54) is 6.07 Å². The molecule has 0 radical (unpaired) electrons. The Morgan fingerprint density at radius 2 is 1.71 bits per heavy atom. The number of benzene rings is 3. The number of hydrogen-bond acceptors (Lipinski definition) is 4. The lowest BCUT2D eigenvalue weighted by Crippen LogP contribution is -2.17. The predicted molar refractivity (Wildman–Crippen MR) is 132 cm³/mol. The number of halogens is 1. The first-order valence-electron chi connectivity index (χ1n) is 11.4. The summed E-state index contributed by atoms with van der Waals surface area (Å²) in [5.74, 6) is 0.596. The van der Waals surface area contributed by atoms with Crippen molar-refractivity contribution in [1.82, 2.24) is 4.57 Å². The number of nitrogens with zero attached hydrogens (tertiary/aromatic N) is 1. The molecule has 3 aromatic carbocycles. The number of pyridine rings is 1. The molecule has 0 aliphatic carbocycles. The quantitative estimate of drug-likeness (QED) is 0.279. The smallest absolute Gasteiger partial charge is 0.200 e. The Hall–Kier alpha value is -3.64. The SMILES string of the molecule is CCCOc1ccc(F)c2c(=O)c(-c3ccc(OC)cc3)cn(CCOCc3ccccc3)c12. The second-order valence-electron chi connectivity index (χ2n) is 7.95. The standard InChI is InChI=1S/C28H28FNO4/c1-3-16-34-25-14-13-24(29)26-27(25)30(15-17-33-19-20-7-5-4-6-8-20)18-23(28(26)31)21-9-11-22(32-2)12-10-21/h4-14,18H,3,15-17,19H2,1-2H3. The van der Waals surface area contributed by atoms with Crippen molar-refractivity contribution >= 4 is 10.9 Å². The highest BCUT2D eigenvalue weighted by Crippen LogP contribution is 2.30. The van der Waals surface area contributed by atoms with E-state index in [4.69, 9.17) is 14.2 Å². The molecule has 0 saturated heterocycles. The molecule has 1 heterocycles. The molecule has 1 aromatic heterocycles. The summed E-state index contributed by atoms with van der Waals surface area (Å²) in [5, 5.41) is 0.0185. The van der Waals surface area contributed by atoms with E-state index in [-0.39, 0.29) is 10.8 Å². The zero-order chi connectivity index (χ0) is 23.9. The summed E-state index contributed by atoms with van der Waals surface area (Å²) in [6.07, 6.45) is 2.56. The van der Waals surface area contributed by atoms with E-state index in [2.05, 4.69) is 0 Å². The Kier molecular flexibility index (Phi) is 7.60. The Morgan fingerprint density at radius 1 is 0.941 bits per heavy atom. The Bertz CT molecular complexity index is 1300. The first-order valence-corrected chi connectivity index (χ1v) is 11.4. The van der Waals surface area contributed by atoms with Crippen LogP contribution in [0.3, 0.4) is 0 Å². The number of hydrogen-bond donors (Lipinski definition) is 0. The van der Waals surface area contributed by atoms with Crippen molar-refractivity contribution in [3.63, 3.8) is 0 Å². The van der Waals surface area contributed by atoms with Gasteiger partial charge in [0.2, 0.25) is 0 Å². The van der Waals surface area contributed by atoms with Gasteiger partial charge >= 0.3 is 0 Å². The average molecular weight is 462 g/mol. The third kappa shape index (κ3) is 5.13. The van der Waals surface area contributed by atoms with Crippen LogP contribution in [0, 0.1) is 5.82 Å². The van der Waals surface area contributed by atoms with Gasteiger partial charge in [0.1, 0.15) is 17.3 Å². The van der Waals surface area contributed by atoms with E-state index in [9.17, 15) is 4.79 Å². The molecule has 0 amide bonds. The summed E-state index contributed by atoms with van der Waals surface area (Å²) in [7, 11) is 1.58. The molecule has 0 saturated carbocycles. The highest BCUT2D eigenvalue weighted by Gasteiger charge is 2.18. The van der Waals surface area contributed by atoms with E-state index in [0.29, 0.717) is 54.5 Å². The molecular formula is C28H28FNO4. The number of ether oxygens (including phenoxy) is 3. The molecule has 0 N–H and O–H groups in total. The fraction of sp³-hybridized carbons (Fsp3) is 0.250. The van der Waals surface area contributed by atoms with Gasteiger partial charge in [0.05, 0.1) is 37.8 Å². The summed E-state index contributed by atoms with van der Waals surface area (Å²) in [5.41, 5.74) is 2.24. The van der Waals surface area contributed by atoms with Crippen LogP contribution in [0.25, 0.3) is 22.0 Å². The number of rotatable bonds is 10. The molecule has 34 heavy (non-hydrogen) atoms. The van der Waals surface area contributed by atoms with E-state index in [1.54, 1.807) is 43.6 Å². The summed E-state index contributed by atoms with van der Waals surface area (Å²) in [6, 6.07) is 19.9. The fourth-order valence-electron chi connectivity index (χ4n) is 3.87. The van der Waals surface area contributed by atoms with Crippen LogP contribution in [0.4, 0.5) is 4.39 Å². The number of fused-ring (bicyclic) bond motifs is 1. The van der Waals surface area contributed by atoms with Crippen LogP contribution in [0.2, 0.25) is 0 Å². The Labute approximate surface area is 198 Å². The average Bonchev–Trinajstić information content (AvgIpc) is 2.88. The largest absolute Gasteiger partial charge is 0.497 e. The van der Waals surface area contributed by atoms with Crippen molar-refractivity contribution in [3.8, 4) is 22.6 Å². The van der Waals surface area contributed by atoms with Crippen LogP contribution >= 0.6 is 0 Å². The molecule has 0 spiro atoms. The van der Waals surface area contributed by atoms with Gasteiger partial charge in [0.15, 0.2) is 5.43 Å². The lowest BCUT2D eigenvalue weighted by molar-refractivity contribution is 0.114. The van der Waals surface area contributed by atoms with Crippen LogP contribution in [0.5, 0.6) is 11.5 Å². The summed E-state index contributed by atoms with van der Waals surface area (Å²) >= 11 is 0. The van der Waals surface area contributed by atoms with Crippen LogP contribution in [-0.2, 0) is 17.9 Å². The number of aromatic nitrogens is 1. The highest BCUT2D eigenvalue weighted by molar-refractivity contribution is 5.89. The maximum Gasteiger partial charge on any atom is 0.200 e. The zero-order valence-corrected chi connectivity index (χ0v) is 19.4. The van der Waals surface area contributed by atoms with Crippen molar-refractivity contribution < 1.29 is 18.6 Å². The maximum absolute atomic E-state index is 15.0. The van der Waals surface area contributed by atoms with Gasteiger partial charge in [-0.25, -0.2) is 4.39 Å². The van der Waals surface area contributed by atoms with E-state index in [1.807, 2.05) is 41.8 Å². The highest BCUT2D eigenvalue weighted by atomic mass is 19.1. The Morgan fingerprint density at radius 3 is 2.41 bits per heavy atom. The lowest BCUT2D eigenvalue weighted by Gasteiger charge is -2.18. The van der Waals surface area contributed by atoms with Crippen molar-refractivity contribution in [3.05, 3.63) is 94.5 Å². The van der Waals surface area contributed by atoms with Gasteiger partial charge in [-0.1, -0.05) is 49.4 Å². The van der Waals surface area contributed by atoms with Gasteiger partial charge in [0.25, 0.3) is 0 Å². The summed E-state index contributed by atoms with van der Waals surface area (Å²) < 4.78 is 33.9. The Balaban J connectivity index is 1.75. The minimum absolute atomic E-state index is 0.0185. The molecule has 0 atom stereocenters. The van der Waals surface area contributed by atoms with Crippen LogP contribution in [0.1, 0.15) is 18.9 Å². The van der Waals surface area contributed by atoms with E-state index < -0.39 is 5.82 Å². The fourth-order valence-corrected chi connectivity index (χ4v) is 3.87. The molecule has 6 heteroatoms. The van der Waals surface area contributed by atoms with Crippen LogP contribution in [0.15, 0.2) is 77.7 Å². The summed E-state index contributed by atoms with van der Waals surface area (Å²) in [6.45, 7) is 3.76. The number of methoxy groups -OCH3 is 1. The molecule has 0 unspecified atom stereocenters. The predicted octanol–water partition coefficient (Wildman–Crippen LogP) is 5.82. The topological polar surface area (TPSA) is 49.7 Å². The normalized spacial score (nSPS) is 11.0. The molecule has 5 nitrogen and oxygen atoms in total. The van der Waals surface area contributed by atoms with Crippen molar-refractivity contribution in [2.24, 2.45) is 0 Å². The van der Waals surface area contributed by atoms with Gasteiger partial charge in [-0.05, 0) is 41.8 Å². The molecule has 0 bridgehead atoms. The second-order valence-corrected chi connectivity index (χ2v) is 7.95. The minimum Gasteiger partial charge on any atom is -0.497 e.